The standard InChI is InChI=1S/C72H140O6/c1-4-7-10-13-16-19-22-25-28-31-32-33-34-35-36-37-38-39-42-44-47-50-53-56-59-62-65-71(74)77-68-69(78-72(75)66-63-60-57-54-51-48-45-41-30-27-24-21-18-15-12-9-6-3)67-76-70(73)64-61-58-55-52-49-46-43-40-29-26-23-20-17-14-11-8-5-2/h69H,4-68H2,1-3H3. The molecule has 1 atom stereocenters. The van der Waals surface area contributed by atoms with Gasteiger partial charge in [-0.25, -0.2) is 0 Å². The molecule has 0 N–H and O–H groups in total. The first kappa shape index (κ1) is 76.4. The molecule has 0 spiro atoms. The molecule has 78 heavy (non-hydrogen) atoms. The maximum atomic E-state index is 12.9. The Morgan fingerprint density at radius 3 is 0.513 bits per heavy atom. The zero-order valence-corrected chi connectivity index (χ0v) is 53.5. The Morgan fingerprint density at radius 2 is 0.346 bits per heavy atom. The molecule has 6 heteroatoms. The summed E-state index contributed by atoms with van der Waals surface area (Å²) >= 11 is 0. The first-order valence-corrected chi connectivity index (χ1v) is 36.0. The fourth-order valence-electron chi connectivity index (χ4n) is 11.5. The van der Waals surface area contributed by atoms with Crippen molar-refractivity contribution in [2.75, 3.05) is 13.2 Å². The van der Waals surface area contributed by atoms with Crippen LogP contribution in [0.25, 0.3) is 0 Å². The molecule has 0 aliphatic carbocycles. The van der Waals surface area contributed by atoms with Gasteiger partial charge in [-0.2, -0.15) is 0 Å². The number of carbonyl (C=O) groups excluding carboxylic acids is 3. The van der Waals surface area contributed by atoms with Gasteiger partial charge < -0.3 is 14.2 Å². The van der Waals surface area contributed by atoms with E-state index in [9.17, 15) is 14.4 Å². The van der Waals surface area contributed by atoms with Gasteiger partial charge in [0.15, 0.2) is 6.10 Å². The maximum absolute atomic E-state index is 12.9. The Hall–Kier alpha value is -1.59. The molecule has 0 aliphatic heterocycles. The average Bonchev–Trinajstić information content (AvgIpc) is 3.44. The van der Waals surface area contributed by atoms with Crippen LogP contribution < -0.4 is 0 Å². The summed E-state index contributed by atoms with van der Waals surface area (Å²) in [5, 5.41) is 0. The number of ether oxygens (including phenoxy) is 3. The van der Waals surface area contributed by atoms with Crippen molar-refractivity contribution in [1.29, 1.82) is 0 Å². The van der Waals surface area contributed by atoms with Crippen LogP contribution in [0.15, 0.2) is 0 Å². The van der Waals surface area contributed by atoms with Gasteiger partial charge in [0.25, 0.3) is 0 Å². The van der Waals surface area contributed by atoms with E-state index in [4.69, 9.17) is 14.2 Å². The van der Waals surface area contributed by atoms with Crippen LogP contribution in [0.4, 0.5) is 0 Å². The normalized spacial score (nSPS) is 11.9. The predicted octanol–water partition coefficient (Wildman–Crippen LogP) is 24.6. The van der Waals surface area contributed by atoms with E-state index < -0.39 is 6.10 Å². The van der Waals surface area contributed by atoms with E-state index in [0.717, 1.165) is 57.8 Å². The second kappa shape index (κ2) is 67.9. The second-order valence-corrected chi connectivity index (χ2v) is 24.9. The van der Waals surface area contributed by atoms with Gasteiger partial charge in [-0.15, -0.1) is 0 Å². The van der Waals surface area contributed by atoms with E-state index in [0.29, 0.717) is 19.3 Å². The number of hydrogen-bond acceptors (Lipinski definition) is 6. The van der Waals surface area contributed by atoms with Gasteiger partial charge in [0.05, 0.1) is 0 Å². The number of carbonyl (C=O) groups is 3. The summed E-state index contributed by atoms with van der Waals surface area (Å²) in [7, 11) is 0. The first-order chi connectivity index (χ1) is 38.5. The summed E-state index contributed by atoms with van der Waals surface area (Å²) in [6, 6.07) is 0. The van der Waals surface area contributed by atoms with Crippen molar-refractivity contribution in [3.05, 3.63) is 0 Å². The fraction of sp³-hybridized carbons (Fsp3) is 0.958. The second-order valence-electron chi connectivity index (χ2n) is 24.9. The Morgan fingerprint density at radius 1 is 0.205 bits per heavy atom. The third kappa shape index (κ3) is 65.2. The molecule has 1 unspecified atom stereocenters. The molecule has 0 rings (SSSR count). The van der Waals surface area contributed by atoms with Gasteiger partial charge in [-0.1, -0.05) is 387 Å². The van der Waals surface area contributed by atoms with Gasteiger partial charge in [0.1, 0.15) is 13.2 Å². The van der Waals surface area contributed by atoms with Crippen molar-refractivity contribution < 1.29 is 28.6 Å². The summed E-state index contributed by atoms with van der Waals surface area (Å²) in [6.45, 7) is 6.75. The summed E-state index contributed by atoms with van der Waals surface area (Å²) in [5.41, 5.74) is 0. The van der Waals surface area contributed by atoms with Crippen molar-refractivity contribution in [2.24, 2.45) is 0 Å². The molecule has 0 aliphatic rings. The van der Waals surface area contributed by atoms with E-state index in [-0.39, 0.29) is 31.1 Å². The summed E-state index contributed by atoms with van der Waals surface area (Å²) in [4.78, 5) is 38.5. The summed E-state index contributed by atoms with van der Waals surface area (Å²) in [5.74, 6) is -0.818. The third-order valence-corrected chi connectivity index (χ3v) is 16.9. The minimum atomic E-state index is -0.763. The lowest BCUT2D eigenvalue weighted by atomic mass is 10.0. The van der Waals surface area contributed by atoms with Crippen LogP contribution in [0.3, 0.4) is 0 Å². The van der Waals surface area contributed by atoms with Crippen LogP contribution in [0.1, 0.15) is 425 Å². The lowest BCUT2D eigenvalue weighted by molar-refractivity contribution is -0.167. The zero-order valence-electron chi connectivity index (χ0n) is 53.5. The van der Waals surface area contributed by atoms with Gasteiger partial charge in [0, 0.05) is 19.3 Å². The molecule has 464 valence electrons. The highest BCUT2D eigenvalue weighted by molar-refractivity contribution is 5.71. The van der Waals surface area contributed by atoms with E-state index in [1.54, 1.807) is 0 Å². The van der Waals surface area contributed by atoms with E-state index in [1.807, 2.05) is 0 Å². The average molecular weight is 1100 g/mol. The van der Waals surface area contributed by atoms with Gasteiger partial charge in [-0.05, 0) is 19.3 Å². The van der Waals surface area contributed by atoms with Crippen molar-refractivity contribution in [1.82, 2.24) is 0 Å². The van der Waals surface area contributed by atoms with Crippen molar-refractivity contribution in [3.63, 3.8) is 0 Å². The molecule has 0 aromatic heterocycles. The van der Waals surface area contributed by atoms with Crippen LogP contribution in [-0.4, -0.2) is 37.2 Å². The highest BCUT2D eigenvalue weighted by Gasteiger charge is 2.20. The molecule has 0 aromatic carbocycles. The Bertz CT molecular complexity index is 1170. The number of esters is 3. The van der Waals surface area contributed by atoms with Crippen molar-refractivity contribution in [3.8, 4) is 0 Å². The van der Waals surface area contributed by atoms with Crippen LogP contribution >= 0.6 is 0 Å². The Balaban J connectivity index is 4.20. The lowest BCUT2D eigenvalue weighted by Crippen LogP contribution is -2.30. The molecule has 0 bridgehead atoms. The molecule has 0 fully saturated rings. The molecule has 0 aromatic rings. The minimum Gasteiger partial charge on any atom is -0.462 e. The van der Waals surface area contributed by atoms with Crippen LogP contribution in [0, 0.1) is 0 Å². The Kier molecular flexibility index (Phi) is 66.5. The smallest absolute Gasteiger partial charge is 0.306 e. The molecule has 0 heterocycles. The number of rotatable bonds is 68. The highest BCUT2D eigenvalue weighted by atomic mass is 16.6. The Labute approximate surface area is 488 Å². The SMILES string of the molecule is CCCCCCCCCCCCCCCCCCCCCCCCCCCCC(=O)OCC(COC(=O)CCCCCCCCCCCCCCCCCCC)OC(=O)CCCCCCCCCCCCCCCCCCC. The molecule has 0 saturated heterocycles. The fourth-order valence-corrected chi connectivity index (χ4v) is 11.5. The van der Waals surface area contributed by atoms with Gasteiger partial charge in [0.2, 0.25) is 0 Å². The zero-order chi connectivity index (χ0) is 56.4. The van der Waals surface area contributed by atoms with Crippen LogP contribution in [0.5, 0.6) is 0 Å². The van der Waals surface area contributed by atoms with E-state index in [2.05, 4.69) is 20.8 Å². The van der Waals surface area contributed by atoms with Gasteiger partial charge in [-0.3, -0.25) is 14.4 Å². The quantitative estimate of drug-likeness (QED) is 0.0343. The van der Waals surface area contributed by atoms with Gasteiger partial charge >= 0.3 is 17.9 Å². The number of unbranched alkanes of at least 4 members (excludes halogenated alkanes) is 57. The lowest BCUT2D eigenvalue weighted by Gasteiger charge is -2.18. The van der Waals surface area contributed by atoms with Crippen LogP contribution in [0.2, 0.25) is 0 Å². The molecule has 6 nitrogen and oxygen atoms in total. The molecular weight excluding hydrogens is 961 g/mol. The first-order valence-electron chi connectivity index (χ1n) is 36.0. The topological polar surface area (TPSA) is 78.9 Å². The van der Waals surface area contributed by atoms with E-state index in [1.165, 1.54) is 327 Å². The van der Waals surface area contributed by atoms with Crippen molar-refractivity contribution >= 4 is 17.9 Å². The van der Waals surface area contributed by atoms with Crippen molar-refractivity contribution in [2.45, 2.75) is 431 Å². The molecule has 0 amide bonds. The summed E-state index contributed by atoms with van der Waals surface area (Å²) < 4.78 is 17.0. The largest absolute Gasteiger partial charge is 0.462 e. The third-order valence-electron chi connectivity index (χ3n) is 16.9. The highest BCUT2D eigenvalue weighted by Crippen LogP contribution is 2.20. The summed E-state index contributed by atoms with van der Waals surface area (Å²) in [6.07, 6.45) is 79.9. The molecule has 0 radical (unpaired) electrons. The monoisotopic (exact) mass is 1100 g/mol. The maximum Gasteiger partial charge on any atom is 0.306 e. The molecule has 0 saturated carbocycles. The number of hydrogen-bond donors (Lipinski definition) is 0. The predicted molar refractivity (Wildman–Crippen MR) is 340 cm³/mol. The van der Waals surface area contributed by atoms with E-state index >= 15 is 0 Å². The van der Waals surface area contributed by atoms with Crippen LogP contribution in [-0.2, 0) is 28.6 Å². The minimum absolute atomic E-state index is 0.0600. The molecular formula is C72H140O6.